The molecule has 1 heterocycles. The number of aliphatic carboxylic acids is 1. The second kappa shape index (κ2) is 4.67. The molecule has 1 aromatic carbocycles. The van der Waals surface area contributed by atoms with Gasteiger partial charge in [-0.1, -0.05) is 12.1 Å². The second-order valence-corrected chi connectivity index (χ2v) is 4.02. The van der Waals surface area contributed by atoms with E-state index >= 15 is 0 Å². The summed E-state index contributed by atoms with van der Waals surface area (Å²) in [7, 11) is 0. The molecular formula is C11H12N2O3S. The number of hydrogen-bond acceptors (Lipinski definition) is 5. The fourth-order valence-corrected chi connectivity index (χ4v) is 1.73. The largest absolute Gasteiger partial charge is 0.480 e. The van der Waals surface area contributed by atoms with Gasteiger partial charge in [-0.15, -0.1) is 0 Å². The average Bonchev–Trinajstić information content (AvgIpc) is 2.69. The highest BCUT2D eigenvalue weighted by atomic mass is 32.1. The highest BCUT2D eigenvalue weighted by molar-refractivity contribution is 7.80. The summed E-state index contributed by atoms with van der Waals surface area (Å²) in [5.74, 6) is -0.827. The van der Waals surface area contributed by atoms with Gasteiger partial charge in [0.15, 0.2) is 5.58 Å². The minimum atomic E-state index is -0.987. The van der Waals surface area contributed by atoms with Crippen LogP contribution in [0.4, 0.5) is 6.01 Å². The van der Waals surface area contributed by atoms with Gasteiger partial charge in [0, 0.05) is 5.75 Å². The van der Waals surface area contributed by atoms with Crippen LogP contribution in [0.15, 0.2) is 22.6 Å². The maximum Gasteiger partial charge on any atom is 0.327 e. The number of rotatable bonds is 4. The van der Waals surface area contributed by atoms with Gasteiger partial charge in [-0.25, -0.2) is 4.79 Å². The smallest absolute Gasteiger partial charge is 0.327 e. The van der Waals surface area contributed by atoms with E-state index in [9.17, 15) is 4.79 Å². The van der Waals surface area contributed by atoms with Crippen molar-refractivity contribution >= 4 is 35.7 Å². The highest BCUT2D eigenvalue weighted by Gasteiger charge is 2.18. The Morgan fingerprint density at radius 3 is 3.00 bits per heavy atom. The van der Waals surface area contributed by atoms with E-state index < -0.39 is 12.0 Å². The van der Waals surface area contributed by atoms with Gasteiger partial charge in [-0.2, -0.15) is 17.6 Å². The summed E-state index contributed by atoms with van der Waals surface area (Å²) >= 11 is 3.96. The van der Waals surface area contributed by atoms with Crippen LogP contribution in [0.2, 0.25) is 0 Å². The monoisotopic (exact) mass is 252 g/mol. The van der Waals surface area contributed by atoms with Gasteiger partial charge < -0.3 is 14.8 Å². The van der Waals surface area contributed by atoms with Crippen LogP contribution in [0.5, 0.6) is 0 Å². The van der Waals surface area contributed by atoms with Gasteiger partial charge in [0.2, 0.25) is 0 Å². The number of benzene rings is 1. The zero-order valence-electron chi connectivity index (χ0n) is 9.17. The van der Waals surface area contributed by atoms with Crippen molar-refractivity contribution in [2.75, 3.05) is 11.1 Å². The van der Waals surface area contributed by atoms with E-state index in [4.69, 9.17) is 9.52 Å². The predicted octanol–water partition coefficient (Wildman–Crippen LogP) is 1.93. The van der Waals surface area contributed by atoms with E-state index in [0.717, 1.165) is 11.1 Å². The molecule has 0 bridgehead atoms. The van der Waals surface area contributed by atoms with Gasteiger partial charge in [0.1, 0.15) is 11.6 Å². The Kier molecular flexibility index (Phi) is 3.23. The van der Waals surface area contributed by atoms with E-state index in [0.29, 0.717) is 5.58 Å². The predicted molar refractivity (Wildman–Crippen MR) is 67.6 cm³/mol. The summed E-state index contributed by atoms with van der Waals surface area (Å²) in [4.78, 5) is 15.0. The number of carboxylic acid groups (broad SMARTS) is 1. The molecule has 0 saturated heterocycles. The molecule has 0 unspecified atom stereocenters. The van der Waals surface area contributed by atoms with Crippen molar-refractivity contribution in [3.8, 4) is 0 Å². The molecule has 0 aliphatic carbocycles. The number of thiol groups is 1. The van der Waals surface area contributed by atoms with Crippen LogP contribution < -0.4 is 5.32 Å². The molecule has 0 aliphatic heterocycles. The molecule has 0 amide bonds. The fourth-order valence-electron chi connectivity index (χ4n) is 1.48. The molecule has 2 aromatic rings. The molecule has 1 aromatic heterocycles. The number of carboxylic acids is 1. The Morgan fingerprint density at radius 1 is 1.65 bits per heavy atom. The molecule has 0 radical (unpaired) electrons. The molecule has 0 aliphatic rings. The molecule has 1 atom stereocenters. The van der Waals surface area contributed by atoms with Crippen molar-refractivity contribution < 1.29 is 14.3 Å². The highest BCUT2D eigenvalue weighted by Crippen LogP contribution is 2.22. The first-order valence-electron chi connectivity index (χ1n) is 5.08. The summed E-state index contributed by atoms with van der Waals surface area (Å²) in [6, 6.07) is 4.96. The molecule has 5 nitrogen and oxygen atoms in total. The summed E-state index contributed by atoms with van der Waals surface area (Å²) in [6.45, 7) is 1.92. The lowest BCUT2D eigenvalue weighted by Crippen LogP contribution is -2.30. The van der Waals surface area contributed by atoms with E-state index in [1.165, 1.54) is 0 Å². The number of nitrogens with one attached hydrogen (secondary N) is 1. The number of anilines is 1. The van der Waals surface area contributed by atoms with Crippen LogP contribution in [0.1, 0.15) is 5.56 Å². The zero-order valence-corrected chi connectivity index (χ0v) is 10.1. The van der Waals surface area contributed by atoms with Crippen LogP contribution >= 0.6 is 12.6 Å². The SMILES string of the molecule is Cc1cccc2oc(N[C@H](CS)C(=O)O)nc12. The van der Waals surface area contributed by atoms with Crippen molar-refractivity contribution in [2.24, 2.45) is 0 Å². The standard InChI is InChI=1S/C11H12N2O3S/c1-6-3-2-4-8-9(6)13-11(16-8)12-7(5-17)10(14)15/h2-4,7,17H,5H2,1H3,(H,12,13)(H,14,15)/t7-/m1/s1. The first-order valence-corrected chi connectivity index (χ1v) is 5.71. The average molecular weight is 252 g/mol. The van der Waals surface area contributed by atoms with Crippen LogP contribution in [0, 0.1) is 6.92 Å². The third-order valence-electron chi connectivity index (χ3n) is 2.40. The van der Waals surface area contributed by atoms with Crippen LogP contribution in [0.25, 0.3) is 11.1 Å². The molecule has 6 heteroatoms. The molecule has 2 rings (SSSR count). The maximum absolute atomic E-state index is 10.8. The summed E-state index contributed by atoms with van der Waals surface area (Å²) < 4.78 is 5.41. The first kappa shape index (κ1) is 11.8. The topological polar surface area (TPSA) is 75.4 Å². The Morgan fingerprint density at radius 2 is 2.41 bits per heavy atom. The number of hydrogen-bond donors (Lipinski definition) is 3. The van der Waals surface area contributed by atoms with Crippen LogP contribution in [-0.4, -0.2) is 27.9 Å². The lowest BCUT2D eigenvalue weighted by Gasteiger charge is -2.08. The number of fused-ring (bicyclic) bond motifs is 1. The normalized spacial score (nSPS) is 12.6. The number of aromatic nitrogens is 1. The van der Waals surface area contributed by atoms with Crippen molar-refractivity contribution in [3.05, 3.63) is 23.8 Å². The summed E-state index contributed by atoms with van der Waals surface area (Å²) in [6.07, 6.45) is 0. The minimum absolute atomic E-state index is 0.160. The van der Waals surface area contributed by atoms with Gasteiger partial charge in [-0.05, 0) is 18.6 Å². The molecule has 90 valence electrons. The Labute approximate surface area is 103 Å². The van der Waals surface area contributed by atoms with Crippen molar-refractivity contribution in [1.29, 1.82) is 0 Å². The van der Waals surface area contributed by atoms with Gasteiger partial charge >= 0.3 is 5.97 Å². The number of carbonyl (C=O) groups is 1. The van der Waals surface area contributed by atoms with Crippen LogP contribution in [0.3, 0.4) is 0 Å². The summed E-state index contributed by atoms with van der Waals surface area (Å²) in [5, 5.41) is 11.6. The minimum Gasteiger partial charge on any atom is -0.480 e. The molecular weight excluding hydrogens is 240 g/mol. The van der Waals surface area contributed by atoms with E-state index in [1.807, 2.05) is 19.1 Å². The molecule has 0 fully saturated rings. The Balaban J connectivity index is 2.31. The lowest BCUT2D eigenvalue weighted by molar-refractivity contribution is -0.137. The molecule has 0 saturated carbocycles. The van der Waals surface area contributed by atoms with Gasteiger partial charge in [-0.3, -0.25) is 0 Å². The number of oxazole rings is 1. The Hall–Kier alpha value is -1.69. The van der Waals surface area contributed by atoms with Gasteiger partial charge in [0.05, 0.1) is 0 Å². The van der Waals surface area contributed by atoms with E-state index in [2.05, 4.69) is 22.9 Å². The number of aryl methyl sites for hydroxylation is 1. The van der Waals surface area contributed by atoms with Gasteiger partial charge in [0.25, 0.3) is 6.01 Å². The first-order chi connectivity index (χ1) is 8.11. The third kappa shape index (κ3) is 2.36. The zero-order chi connectivity index (χ0) is 12.4. The molecule has 17 heavy (non-hydrogen) atoms. The Bertz CT molecular complexity index is 553. The number of para-hydroxylation sites is 1. The quantitative estimate of drug-likeness (QED) is 0.725. The van der Waals surface area contributed by atoms with E-state index in [-0.39, 0.29) is 11.8 Å². The molecule has 0 spiro atoms. The lowest BCUT2D eigenvalue weighted by atomic mass is 10.2. The molecule has 2 N–H and O–H groups in total. The van der Waals surface area contributed by atoms with E-state index in [1.54, 1.807) is 6.07 Å². The number of nitrogens with zero attached hydrogens (tertiary/aromatic N) is 1. The van der Waals surface area contributed by atoms with Crippen LogP contribution in [-0.2, 0) is 4.79 Å². The van der Waals surface area contributed by atoms with Crippen molar-refractivity contribution in [3.63, 3.8) is 0 Å². The van der Waals surface area contributed by atoms with Crippen molar-refractivity contribution in [2.45, 2.75) is 13.0 Å². The van der Waals surface area contributed by atoms with Crippen molar-refractivity contribution in [1.82, 2.24) is 4.98 Å². The third-order valence-corrected chi connectivity index (χ3v) is 2.76. The maximum atomic E-state index is 10.8. The fraction of sp³-hybridized carbons (Fsp3) is 0.273. The summed E-state index contributed by atoms with van der Waals surface area (Å²) in [5.41, 5.74) is 2.35. The second-order valence-electron chi connectivity index (χ2n) is 3.66.